The van der Waals surface area contributed by atoms with E-state index in [4.69, 9.17) is 9.47 Å². The molecule has 1 heterocycles. The van der Waals surface area contributed by atoms with E-state index < -0.39 is 22.0 Å². The van der Waals surface area contributed by atoms with Crippen LogP contribution < -0.4 is 19.1 Å². The molecule has 1 amide bonds. The molecule has 0 saturated heterocycles. The molecule has 7 nitrogen and oxygen atoms in total. The van der Waals surface area contributed by atoms with Crippen LogP contribution in [0.2, 0.25) is 0 Å². The quantitative estimate of drug-likeness (QED) is 0.552. The molecule has 3 aromatic carbocycles. The highest BCUT2D eigenvalue weighted by molar-refractivity contribution is 7.92. The SMILES string of the molecule is COc1ccc(S(=O)(=O)N2C[C@H](C(=O)Nc3ccccc3C(C)C)Oc3cc(C)ccc32)cc1. The Morgan fingerprint density at radius 3 is 2.47 bits per heavy atom. The Morgan fingerprint density at radius 2 is 1.79 bits per heavy atom. The second kappa shape index (κ2) is 9.38. The Labute approximate surface area is 200 Å². The van der Waals surface area contributed by atoms with Gasteiger partial charge >= 0.3 is 0 Å². The van der Waals surface area contributed by atoms with Crippen LogP contribution in [0.25, 0.3) is 0 Å². The summed E-state index contributed by atoms with van der Waals surface area (Å²) in [6.45, 7) is 5.82. The number of sulfonamides is 1. The highest BCUT2D eigenvalue weighted by Gasteiger charge is 2.38. The van der Waals surface area contributed by atoms with Gasteiger partial charge < -0.3 is 14.8 Å². The molecule has 0 bridgehead atoms. The van der Waals surface area contributed by atoms with E-state index in [-0.39, 0.29) is 17.4 Å². The number of methoxy groups -OCH3 is 1. The van der Waals surface area contributed by atoms with E-state index >= 15 is 0 Å². The molecule has 1 N–H and O–H groups in total. The van der Waals surface area contributed by atoms with Crippen LogP contribution in [0.15, 0.2) is 71.6 Å². The van der Waals surface area contributed by atoms with Crippen LogP contribution in [0, 0.1) is 6.92 Å². The van der Waals surface area contributed by atoms with Crippen LogP contribution in [0.3, 0.4) is 0 Å². The van der Waals surface area contributed by atoms with E-state index in [9.17, 15) is 13.2 Å². The number of anilines is 2. The zero-order valence-corrected chi connectivity index (χ0v) is 20.4. The van der Waals surface area contributed by atoms with Crippen molar-refractivity contribution in [1.29, 1.82) is 0 Å². The summed E-state index contributed by atoms with van der Waals surface area (Å²) in [7, 11) is -2.44. The lowest BCUT2D eigenvalue weighted by molar-refractivity contribution is -0.122. The molecule has 0 aromatic heterocycles. The summed E-state index contributed by atoms with van der Waals surface area (Å²) in [5.74, 6) is 0.702. The molecule has 8 heteroatoms. The zero-order chi connectivity index (χ0) is 24.5. The predicted molar refractivity (Wildman–Crippen MR) is 132 cm³/mol. The predicted octanol–water partition coefficient (Wildman–Crippen LogP) is 4.72. The monoisotopic (exact) mass is 480 g/mol. The number of aryl methyl sites for hydroxylation is 1. The van der Waals surface area contributed by atoms with Crippen molar-refractivity contribution in [2.24, 2.45) is 0 Å². The maximum Gasteiger partial charge on any atom is 0.267 e. The number of fused-ring (bicyclic) bond motifs is 1. The number of hydrogen-bond donors (Lipinski definition) is 1. The van der Waals surface area contributed by atoms with Crippen molar-refractivity contribution >= 4 is 27.3 Å². The van der Waals surface area contributed by atoms with Gasteiger partial charge in [-0.25, -0.2) is 8.42 Å². The van der Waals surface area contributed by atoms with E-state index in [0.717, 1.165) is 11.1 Å². The van der Waals surface area contributed by atoms with E-state index in [1.165, 1.54) is 23.5 Å². The molecule has 0 spiro atoms. The minimum atomic E-state index is -3.96. The number of carbonyl (C=O) groups is 1. The van der Waals surface area contributed by atoms with Crippen LogP contribution in [0.1, 0.15) is 30.9 Å². The minimum Gasteiger partial charge on any atom is -0.497 e. The topological polar surface area (TPSA) is 84.9 Å². The number of ether oxygens (including phenoxy) is 2. The van der Waals surface area contributed by atoms with Crippen molar-refractivity contribution in [3.63, 3.8) is 0 Å². The molecular formula is C26H28N2O5S. The van der Waals surface area contributed by atoms with Crippen molar-refractivity contribution in [3.8, 4) is 11.5 Å². The van der Waals surface area contributed by atoms with Crippen molar-refractivity contribution in [2.75, 3.05) is 23.3 Å². The van der Waals surface area contributed by atoms with Crippen molar-refractivity contribution in [2.45, 2.75) is 37.7 Å². The summed E-state index contributed by atoms with van der Waals surface area (Å²) in [5.41, 5.74) is 2.97. The summed E-state index contributed by atoms with van der Waals surface area (Å²) >= 11 is 0. The first-order valence-electron chi connectivity index (χ1n) is 11.0. The molecule has 3 aromatic rings. The number of amides is 1. The number of hydrogen-bond acceptors (Lipinski definition) is 5. The van der Waals surface area contributed by atoms with Gasteiger partial charge in [-0.05, 0) is 66.4 Å². The highest BCUT2D eigenvalue weighted by atomic mass is 32.2. The molecule has 0 radical (unpaired) electrons. The van der Waals surface area contributed by atoms with Gasteiger partial charge in [-0.15, -0.1) is 0 Å². The highest BCUT2D eigenvalue weighted by Crippen LogP contribution is 2.38. The van der Waals surface area contributed by atoms with Gasteiger partial charge in [0.2, 0.25) is 0 Å². The molecule has 1 aliphatic rings. The normalized spacial score (nSPS) is 15.4. The average Bonchev–Trinajstić information content (AvgIpc) is 2.83. The Hall–Kier alpha value is -3.52. The fourth-order valence-electron chi connectivity index (χ4n) is 3.93. The standard InChI is InChI=1S/C26H28N2O5S/c1-17(2)21-7-5-6-8-22(21)27-26(29)25-16-28(23-14-9-18(3)15-24(23)33-25)34(30,31)20-12-10-19(32-4)11-13-20/h5-15,17,25H,16H2,1-4H3,(H,27,29)/t25-/m1/s1. The summed E-state index contributed by atoms with van der Waals surface area (Å²) in [4.78, 5) is 13.4. The zero-order valence-electron chi connectivity index (χ0n) is 19.6. The minimum absolute atomic E-state index is 0.103. The first-order valence-corrected chi connectivity index (χ1v) is 12.5. The molecule has 178 valence electrons. The molecular weight excluding hydrogens is 452 g/mol. The van der Waals surface area contributed by atoms with Crippen molar-refractivity contribution in [3.05, 3.63) is 77.9 Å². The van der Waals surface area contributed by atoms with Gasteiger partial charge in [0, 0.05) is 5.69 Å². The molecule has 34 heavy (non-hydrogen) atoms. The number of nitrogens with zero attached hydrogens (tertiary/aromatic N) is 1. The number of nitrogens with one attached hydrogen (secondary N) is 1. The third kappa shape index (κ3) is 4.59. The lowest BCUT2D eigenvalue weighted by Gasteiger charge is -2.35. The summed E-state index contributed by atoms with van der Waals surface area (Å²) in [6.07, 6.45) is -1.03. The van der Waals surface area contributed by atoms with E-state index in [2.05, 4.69) is 5.32 Å². The molecule has 0 unspecified atom stereocenters. The van der Waals surface area contributed by atoms with E-state index in [0.29, 0.717) is 22.9 Å². The molecule has 0 aliphatic carbocycles. The van der Waals surface area contributed by atoms with E-state index in [1.807, 2.05) is 51.1 Å². The molecule has 1 atom stereocenters. The van der Waals surface area contributed by atoms with Gasteiger partial charge in [0.05, 0.1) is 24.2 Å². The Morgan fingerprint density at radius 1 is 1.09 bits per heavy atom. The maximum absolute atomic E-state index is 13.6. The molecule has 4 rings (SSSR count). The van der Waals surface area contributed by atoms with E-state index in [1.54, 1.807) is 24.3 Å². The van der Waals surface area contributed by atoms with Crippen LogP contribution in [-0.2, 0) is 14.8 Å². The molecule has 0 fully saturated rings. The smallest absolute Gasteiger partial charge is 0.267 e. The van der Waals surface area contributed by atoms with Gasteiger partial charge in [0.15, 0.2) is 6.10 Å². The summed E-state index contributed by atoms with van der Waals surface area (Å²) in [6, 6.07) is 19.0. The van der Waals surface area contributed by atoms with Gasteiger partial charge in [-0.3, -0.25) is 9.10 Å². The average molecular weight is 481 g/mol. The first-order chi connectivity index (χ1) is 16.2. The summed E-state index contributed by atoms with van der Waals surface area (Å²) < 4.78 is 39.6. The first kappa shape index (κ1) is 23.6. The Balaban J connectivity index is 1.69. The lowest BCUT2D eigenvalue weighted by Crippen LogP contribution is -2.48. The second-order valence-electron chi connectivity index (χ2n) is 8.52. The third-order valence-corrected chi connectivity index (χ3v) is 7.56. The lowest BCUT2D eigenvalue weighted by atomic mass is 10.0. The summed E-state index contributed by atoms with van der Waals surface area (Å²) in [5, 5.41) is 2.93. The third-order valence-electron chi connectivity index (χ3n) is 5.77. The van der Waals surface area contributed by atoms with Crippen LogP contribution in [0.4, 0.5) is 11.4 Å². The van der Waals surface area contributed by atoms with Gasteiger partial charge in [-0.1, -0.05) is 38.1 Å². The Bertz CT molecular complexity index is 1300. The Kier molecular flexibility index (Phi) is 6.52. The largest absolute Gasteiger partial charge is 0.497 e. The number of carbonyl (C=O) groups excluding carboxylic acids is 1. The fraction of sp³-hybridized carbons (Fsp3) is 0.269. The number of para-hydroxylation sites is 1. The second-order valence-corrected chi connectivity index (χ2v) is 10.4. The molecule has 1 aliphatic heterocycles. The van der Waals surface area contributed by atoms with Crippen molar-refractivity contribution < 1.29 is 22.7 Å². The van der Waals surface area contributed by atoms with Gasteiger partial charge in [0.25, 0.3) is 15.9 Å². The maximum atomic E-state index is 13.6. The fourth-order valence-corrected chi connectivity index (χ4v) is 5.40. The number of rotatable bonds is 6. The van der Waals surface area contributed by atoms with Crippen LogP contribution >= 0.6 is 0 Å². The van der Waals surface area contributed by atoms with Gasteiger partial charge in [0.1, 0.15) is 11.5 Å². The van der Waals surface area contributed by atoms with Crippen LogP contribution in [0.5, 0.6) is 11.5 Å². The van der Waals surface area contributed by atoms with Crippen LogP contribution in [-0.4, -0.2) is 34.1 Å². The van der Waals surface area contributed by atoms with Gasteiger partial charge in [-0.2, -0.15) is 0 Å². The van der Waals surface area contributed by atoms with Crippen molar-refractivity contribution in [1.82, 2.24) is 0 Å². The molecule has 0 saturated carbocycles. The number of benzene rings is 3.